The normalized spacial score (nSPS) is 12.2. The predicted octanol–water partition coefficient (Wildman–Crippen LogP) is 3.11. The van der Waals surface area contributed by atoms with Gasteiger partial charge < -0.3 is 14.8 Å². The second-order valence-corrected chi connectivity index (χ2v) is 9.34. The molecule has 0 aliphatic rings. The van der Waals surface area contributed by atoms with Gasteiger partial charge in [0.2, 0.25) is 0 Å². The Morgan fingerprint density at radius 2 is 1.93 bits per heavy atom. The monoisotopic (exact) mass is 432 g/mol. The molecule has 29 heavy (non-hydrogen) atoms. The Bertz CT molecular complexity index is 1070. The van der Waals surface area contributed by atoms with Crippen LogP contribution in [0.1, 0.15) is 21.2 Å². The SMILES string of the molecule is COc1ccc(C(=O)NCC(c2cccnc2)S(=O)(=O)c2cccs2)cc1OC. The molecule has 3 aromatic rings. The standard InChI is InChI=1S/C20H20N2O5S2/c1-26-16-8-7-14(11-17(16)27-2)20(23)22-13-18(15-5-3-9-21-12-15)29(24,25)19-6-4-10-28-19/h3-12,18H,13H2,1-2H3,(H,22,23). The first-order valence-electron chi connectivity index (χ1n) is 8.65. The first-order valence-corrected chi connectivity index (χ1v) is 11.1. The zero-order valence-electron chi connectivity index (χ0n) is 15.9. The maximum atomic E-state index is 13.1. The molecule has 0 bridgehead atoms. The lowest BCUT2D eigenvalue weighted by Gasteiger charge is -2.18. The summed E-state index contributed by atoms with van der Waals surface area (Å²) in [5.74, 6) is 0.494. The lowest BCUT2D eigenvalue weighted by Crippen LogP contribution is -2.31. The first kappa shape index (κ1) is 20.8. The van der Waals surface area contributed by atoms with Crippen molar-refractivity contribution in [3.8, 4) is 11.5 Å². The molecule has 152 valence electrons. The van der Waals surface area contributed by atoms with Crippen LogP contribution in [0.4, 0.5) is 0 Å². The van der Waals surface area contributed by atoms with Crippen molar-refractivity contribution in [1.29, 1.82) is 0 Å². The minimum atomic E-state index is -3.69. The van der Waals surface area contributed by atoms with Crippen LogP contribution in [-0.4, -0.2) is 40.1 Å². The molecule has 1 atom stereocenters. The third-order valence-electron chi connectivity index (χ3n) is 4.30. The fraction of sp³-hybridized carbons (Fsp3) is 0.200. The number of nitrogens with one attached hydrogen (secondary N) is 1. The molecule has 0 aliphatic heterocycles. The van der Waals surface area contributed by atoms with Gasteiger partial charge in [0.25, 0.3) is 5.91 Å². The molecular weight excluding hydrogens is 412 g/mol. The number of pyridine rings is 1. The van der Waals surface area contributed by atoms with Gasteiger partial charge in [0.15, 0.2) is 21.3 Å². The van der Waals surface area contributed by atoms with Gasteiger partial charge in [0.05, 0.1) is 14.2 Å². The van der Waals surface area contributed by atoms with Gasteiger partial charge in [-0.15, -0.1) is 11.3 Å². The number of benzene rings is 1. The molecule has 0 aliphatic carbocycles. The summed E-state index contributed by atoms with van der Waals surface area (Å²) in [7, 11) is -0.710. The Kier molecular flexibility index (Phi) is 6.50. The molecule has 1 N–H and O–H groups in total. The second-order valence-electron chi connectivity index (χ2n) is 6.03. The van der Waals surface area contributed by atoms with E-state index in [0.29, 0.717) is 22.6 Å². The van der Waals surface area contributed by atoms with E-state index in [4.69, 9.17) is 9.47 Å². The predicted molar refractivity (Wildman–Crippen MR) is 110 cm³/mol. The van der Waals surface area contributed by atoms with E-state index in [0.717, 1.165) is 11.3 Å². The van der Waals surface area contributed by atoms with Gasteiger partial charge in [-0.1, -0.05) is 12.1 Å². The molecule has 1 aromatic carbocycles. The lowest BCUT2D eigenvalue weighted by molar-refractivity contribution is 0.0953. The summed E-state index contributed by atoms with van der Waals surface area (Å²) >= 11 is 1.14. The summed E-state index contributed by atoms with van der Waals surface area (Å²) in [4.78, 5) is 16.7. The molecule has 1 unspecified atom stereocenters. The topological polar surface area (TPSA) is 94.6 Å². The highest BCUT2D eigenvalue weighted by Gasteiger charge is 2.30. The van der Waals surface area contributed by atoms with Crippen LogP contribution >= 0.6 is 11.3 Å². The second kappa shape index (κ2) is 9.06. The van der Waals surface area contributed by atoms with Gasteiger partial charge in [0, 0.05) is 24.5 Å². The summed E-state index contributed by atoms with van der Waals surface area (Å²) in [6.07, 6.45) is 3.07. The zero-order valence-corrected chi connectivity index (χ0v) is 17.5. The van der Waals surface area contributed by atoms with Crippen LogP contribution in [0.15, 0.2) is 64.4 Å². The number of methoxy groups -OCH3 is 2. The van der Waals surface area contributed by atoms with Crippen LogP contribution in [-0.2, 0) is 9.84 Å². The van der Waals surface area contributed by atoms with E-state index in [1.165, 1.54) is 20.4 Å². The maximum Gasteiger partial charge on any atom is 0.251 e. The van der Waals surface area contributed by atoms with Crippen molar-refractivity contribution in [2.45, 2.75) is 9.46 Å². The molecule has 2 heterocycles. The molecule has 0 fully saturated rings. The first-order chi connectivity index (χ1) is 14.0. The Hall–Kier alpha value is -2.91. The molecule has 9 heteroatoms. The summed E-state index contributed by atoms with van der Waals surface area (Å²) < 4.78 is 36.9. The molecular formula is C20H20N2O5S2. The number of rotatable bonds is 8. The van der Waals surface area contributed by atoms with Crippen LogP contribution in [0.25, 0.3) is 0 Å². The lowest BCUT2D eigenvalue weighted by atomic mass is 10.1. The Labute approximate surface area is 173 Å². The minimum Gasteiger partial charge on any atom is -0.493 e. The van der Waals surface area contributed by atoms with E-state index in [-0.39, 0.29) is 10.8 Å². The number of amides is 1. The average Bonchev–Trinajstić information content (AvgIpc) is 3.29. The van der Waals surface area contributed by atoms with Crippen LogP contribution < -0.4 is 14.8 Å². The Morgan fingerprint density at radius 3 is 2.55 bits per heavy atom. The molecule has 1 amide bonds. The van der Waals surface area contributed by atoms with Gasteiger partial charge >= 0.3 is 0 Å². The van der Waals surface area contributed by atoms with Gasteiger partial charge in [0.1, 0.15) is 9.46 Å². The van der Waals surface area contributed by atoms with Crippen LogP contribution in [0.5, 0.6) is 11.5 Å². The third-order valence-corrected chi connectivity index (χ3v) is 7.83. The maximum absolute atomic E-state index is 13.1. The molecule has 0 spiro atoms. The number of hydrogen-bond acceptors (Lipinski definition) is 7. The third kappa shape index (κ3) is 4.57. The Morgan fingerprint density at radius 1 is 1.14 bits per heavy atom. The minimum absolute atomic E-state index is 0.0981. The Balaban J connectivity index is 1.85. The summed E-state index contributed by atoms with van der Waals surface area (Å²) in [6, 6.07) is 11.3. The van der Waals surface area contributed by atoms with Gasteiger partial charge in [-0.25, -0.2) is 8.42 Å². The van der Waals surface area contributed by atoms with E-state index >= 15 is 0 Å². The molecule has 3 rings (SSSR count). The smallest absolute Gasteiger partial charge is 0.251 e. The van der Waals surface area contributed by atoms with E-state index in [2.05, 4.69) is 10.3 Å². The molecule has 2 aromatic heterocycles. The number of carbonyl (C=O) groups is 1. The van der Waals surface area contributed by atoms with E-state index in [1.807, 2.05) is 0 Å². The molecule has 0 saturated carbocycles. The highest BCUT2D eigenvalue weighted by atomic mass is 32.2. The van der Waals surface area contributed by atoms with Gasteiger partial charge in [-0.3, -0.25) is 9.78 Å². The van der Waals surface area contributed by atoms with Crippen molar-refractivity contribution in [2.75, 3.05) is 20.8 Å². The van der Waals surface area contributed by atoms with Gasteiger partial charge in [-0.05, 0) is 41.3 Å². The number of aromatic nitrogens is 1. The molecule has 7 nitrogen and oxygen atoms in total. The van der Waals surface area contributed by atoms with Crippen molar-refractivity contribution in [2.24, 2.45) is 0 Å². The number of thiophene rings is 1. The highest BCUT2D eigenvalue weighted by Crippen LogP contribution is 2.31. The van der Waals surface area contributed by atoms with Crippen LogP contribution in [0, 0.1) is 0 Å². The number of nitrogens with zero attached hydrogens (tertiary/aromatic N) is 1. The summed E-state index contributed by atoms with van der Waals surface area (Å²) in [6.45, 7) is -0.0981. The van der Waals surface area contributed by atoms with E-state index in [9.17, 15) is 13.2 Å². The fourth-order valence-corrected chi connectivity index (χ4v) is 5.65. The number of ether oxygens (including phenoxy) is 2. The van der Waals surface area contributed by atoms with Crippen molar-refractivity contribution >= 4 is 27.1 Å². The summed E-state index contributed by atoms with van der Waals surface area (Å²) in [5.41, 5.74) is 0.842. The average molecular weight is 433 g/mol. The zero-order chi connectivity index (χ0) is 20.9. The van der Waals surface area contributed by atoms with Crippen molar-refractivity contribution in [1.82, 2.24) is 10.3 Å². The van der Waals surface area contributed by atoms with Crippen molar-refractivity contribution < 1.29 is 22.7 Å². The number of carbonyl (C=O) groups excluding carboxylic acids is 1. The number of sulfone groups is 1. The van der Waals surface area contributed by atoms with Gasteiger partial charge in [-0.2, -0.15) is 0 Å². The fourth-order valence-electron chi connectivity index (χ4n) is 2.80. The summed E-state index contributed by atoms with van der Waals surface area (Å²) in [5, 5.41) is 3.46. The quantitative estimate of drug-likeness (QED) is 0.588. The van der Waals surface area contributed by atoms with Crippen molar-refractivity contribution in [3.63, 3.8) is 0 Å². The van der Waals surface area contributed by atoms with Crippen LogP contribution in [0.2, 0.25) is 0 Å². The largest absolute Gasteiger partial charge is 0.493 e. The molecule has 0 radical (unpaired) electrons. The van der Waals surface area contributed by atoms with Crippen molar-refractivity contribution in [3.05, 3.63) is 71.4 Å². The van der Waals surface area contributed by atoms with E-state index < -0.39 is 21.0 Å². The van der Waals surface area contributed by atoms with E-state index in [1.54, 1.807) is 54.0 Å². The van der Waals surface area contributed by atoms with Crippen LogP contribution in [0.3, 0.4) is 0 Å². The number of hydrogen-bond donors (Lipinski definition) is 1. The molecule has 0 saturated heterocycles. The highest BCUT2D eigenvalue weighted by molar-refractivity contribution is 7.93.